The van der Waals surface area contributed by atoms with Gasteiger partial charge < -0.3 is 5.32 Å². The summed E-state index contributed by atoms with van der Waals surface area (Å²) >= 11 is 0. The van der Waals surface area contributed by atoms with E-state index in [0.717, 1.165) is 45.9 Å². The van der Waals surface area contributed by atoms with Crippen molar-refractivity contribution in [3.05, 3.63) is 83.1 Å². The second kappa shape index (κ2) is 6.20. The molecule has 2 heterocycles. The topological polar surface area (TPSA) is 57.8 Å². The summed E-state index contributed by atoms with van der Waals surface area (Å²) in [4.78, 5) is 13.3. The number of Topliss-reactive ketones (excluding diaryl/α,β-unsaturated/α-hetero) is 1. The second-order valence-corrected chi connectivity index (χ2v) is 8.53. The lowest BCUT2D eigenvalue weighted by atomic mass is 9.69. The normalized spacial score (nSPS) is 20.4. The molecule has 4 heteroatoms. The Morgan fingerprint density at radius 2 is 1.64 bits per heavy atom. The van der Waals surface area contributed by atoms with Crippen molar-refractivity contribution in [1.82, 2.24) is 10.2 Å². The average molecular weight is 369 g/mol. The molecule has 140 valence electrons. The molecular weight excluding hydrogens is 346 g/mol. The fourth-order valence-electron chi connectivity index (χ4n) is 4.60. The Balaban J connectivity index is 1.74. The first kappa shape index (κ1) is 17.0. The fraction of sp³-hybridized carbons (Fsp3) is 0.250. The standard InChI is InChI=1S/C24H23N3O/c1-24(2)13-17-20(18(28)14-24)19(15-9-5-3-6-10-15)21-22(26-27-23(21)25-17)16-11-7-4-8-12-16/h3-12,19H,13-14H2,1-2H3,(H2,25,26,27)/t19-/m1/s1. The van der Waals surface area contributed by atoms with Gasteiger partial charge in [0.05, 0.1) is 5.69 Å². The molecule has 2 aromatic carbocycles. The lowest BCUT2D eigenvalue weighted by Crippen LogP contribution is -2.33. The first-order valence-electron chi connectivity index (χ1n) is 9.75. The van der Waals surface area contributed by atoms with E-state index in [-0.39, 0.29) is 17.1 Å². The molecule has 5 rings (SSSR count). The number of allylic oxidation sites excluding steroid dienone is 2. The molecule has 0 amide bonds. The third kappa shape index (κ3) is 2.68. The summed E-state index contributed by atoms with van der Waals surface area (Å²) in [5, 5.41) is 11.3. The van der Waals surface area contributed by atoms with Crippen LogP contribution < -0.4 is 5.32 Å². The summed E-state index contributed by atoms with van der Waals surface area (Å²) in [6.07, 6.45) is 1.43. The minimum absolute atomic E-state index is 0.0414. The van der Waals surface area contributed by atoms with Gasteiger partial charge in [0, 0.05) is 29.2 Å². The zero-order valence-electron chi connectivity index (χ0n) is 16.1. The molecule has 0 bridgehead atoms. The van der Waals surface area contributed by atoms with Gasteiger partial charge in [0.2, 0.25) is 0 Å². The third-order valence-electron chi connectivity index (χ3n) is 5.77. The summed E-state index contributed by atoms with van der Waals surface area (Å²) in [7, 11) is 0. The maximum Gasteiger partial charge on any atom is 0.162 e. The number of benzene rings is 2. The number of H-pyrrole nitrogens is 1. The number of fused-ring (bicyclic) bond motifs is 1. The summed E-state index contributed by atoms with van der Waals surface area (Å²) in [5.41, 5.74) is 6.12. The van der Waals surface area contributed by atoms with Gasteiger partial charge in [-0.15, -0.1) is 0 Å². The van der Waals surface area contributed by atoms with E-state index in [1.54, 1.807) is 0 Å². The molecule has 1 aliphatic heterocycles. The van der Waals surface area contributed by atoms with Crippen LogP contribution in [0.3, 0.4) is 0 Å². The highest BCUT2D eigenvalue weighted by Crippen LogP contribution is 2.50. The van der Waals surface area contributed by atoms with E-state index in [1.807, 2.05) is 36.4 Å². The van der Waals surface area contributed by atoms with Gasteiger partial charge in [-0.3, -0.25) is 9.89 Å². The van der Waals surface area contributed by atoms with Crippen LogP contribution in [0.15, 0.2) is 71.9 Å². The quantitative estimate of drug-likeness (QED) is 0.646. The summed E-state index contributed by atoms with van der Waals surface area (Å²) < 4.78 is 0. The molecule has 0 saturated carbocycles. The van der Waals surface area contributed by atoms with E-state index < -0.39 is 0 Å². The maximum absolute atomic E-state index is 13.3. The number of rotatable bonds is 2. The van der Waals surface area contributed by atoms with Gasteiger partial charge in [0.15, 0.2) is 11.6 Å². The molecule has 0 spiro atoms. The number of anilines is 1. The van der Waals surface area contributed by atoms with Crippen molar-refractivity contribution in [3.8, 4) is 11.3 Å². The molecule has 0 unspecified atom stereocenters. The Labute approximate surface area is 164 Å². The Bertz CT molecular complexity index is 1080. The van der Waals surface area contributed by atoms with Crippen LogP contribution in [0, 0.1) is 5.41 Å². The van der Waals surface area contributed by atoms with E-state index >= 15 is 0 Å². The Morgan fingerprint density at radius 1 is 0.964 bits per heavy atom. The first-order chi connectivity index (χ1) is 13.5. The highest BCUT2D eigenvalue weighted by Gasteiger charge is 2.42. The third-order valence-corrected chi connectivity index (χ3v) is 5.77. The molecule has 1 aliphatic carbocycles. The number of carbonyl (C=O) groups excluding carboxylic acids is 1. The van der Waals surface area contributed by atoms with Crippen molar-refractivity contribution in [3.63, 3.8) is 0 Å². The van der Waals surface area contributed by atoms with E-state index in [2.05, 4.69) is 53.6 Å². The van der Waals surface area contributed by atoms with Gasteiger partial charge in [-0.05, 0) is 23.0 Å². The van der Waals surface area contributed by atoms with Gasteiger partial charge in [-0.25, -0.2) is 0 Å². The van der Waals surface area contributed by atoms with E-state index in [4.69, 9.17) is 0 Å². The molecule has 28 heavy (non-hydrogen) atoms. The van der Waals surface area contributed by atoms with Gasteiger partial charge in [-0.2, -0.15) is 5.10 Å². The molecule has 3 aromatic rings. The molecular formula is C24H23N3O. The van der Waals surface area contributed by atoms with Gasteiger partial charge in [0.1, 0.15) is 0 Å². The molecule has 0 radical (unpaired) electrons. The van der Waals surface area contributed by atoms with Crippen LogP contribution in [-0.4, -0.2) is 16.0 Å². The molecule has 0 saturated heterocycles. The minimum Gasteiger partial charge on any atom is -0.342 e. The molecule has 1 aromatic heterocycles. The van der Waals surface area contributed by atoms with E-state index in [1.165, 1.54) is 0 Å². The number of carbonyl (C=O) groups is 1. The fourth-order valence-corrected chi connectivity index (χ4v) is 4.60. The minimum atomic E-state index is -0.106. The molecule has 2 N–H and O–H groups in total. The van der Waals surface area contributed by atoms with Crippen molar-refractivity contribution in [2.24, 2.45) is 5.41 Å². The molecule has 2 aliphatic rings. The van der Waals surface area contributed by atoms with Gasteiger partial charge in [-0.1, -0.05) is 74.5 Å². The lowest BCUT2D eigenvalue weighted by molar-refractivity contribution is -0.118. The second-order valence-electron chi connectivity index (χ2n) is 8.53. The maximum atomic E-state index is 13.3. The Morgan fingerprint density at radius 3 is 2.36 bits per heavy atom. The van der Waals surface area contributed by atoms with Crippen molar-refractivity contribution >= 4 is 11.6 Å². The number of ketones is 1. The van der Waals surface area contributed by atoms with Crippen LogP contribution in [0.1, 0.15) is 43.7 Å². The molecule has 4 nitrogen and oxygen atoms in total. The highest BCUT2D eigenvalue weighted by atomic mass is 16.1. The van der Waals surface area contributed by atoms with Crippen LogP contribution >= 0.6 is 0 Å². The van der Waals surface area contributed by atoms with Crippen LogP contribution in [0.2, 0.25) is 0 Å². The zero-order valence-corrected chi connectivity index (χ0v) is 16.1. The van der Waals surface area contributed by atoms with E-state index in [0.29, 0.717) is 6.42 Å². The summed E-state index contributed by atoms with van der Waals surface area (Å²) in [6.45, 7) is 4.31. The number of nitrogens with zero attached hydrogens (tertiary/aromatic N) is 1. The Kier molecular flexibility index (Phi) is 3.76. The van der Waals surface area contributed by atoms with Crippen LogP contribution in [-0.2, 0) is 4.79 Å². The highest BCUT2D eigenvalue weighted by molar-refractivity contribution is 6.02. The number of aromatic nitrogens is 2. The van der Waals surface area contributed by atoms with Crippen molar-refractivity contribution in [1.29, 1.82) is 0 Å². The zero-order chi connectivity index (χ0) is 19.3. The monoisotopic (exact) mass is 369 g/mol. The molecule has 0 fully saturated rings. The van der Waals surface area contributed by atoms with Crippen LogP contribution in [0.25, 0.3) is 11.3 Å². The van der Waals surface area contributed by atoms with Crippen LogP contribution in [0.5, 0.6) is 0 Å². The SMILES string of the molecule is CC1(C)CC(=O)C2=C(C1)Nc1n[nH]c(-c3ccccc3)c1[C@@H]2c1ccccc1. The predicted octanol–water partition coefficient (Wildman–Crippen LogP) is 5.28. The summed E-state index contributed by atoms with van der Waals surface area (Å²) in [5.74, 6) is 0.959. The first-order valence-corrected chi connectivity index (χ1v) is 9.75. The summed E-state index contributed by atoms with van der Waals surface area (Å²) in [6, 6.07) is 20.5. The van der Waals surface area contributed by atoms with Crippen molar-refractivity contribution < 1.29 is 4.79 Å². The lowest BCUT2D eigenvalue weighted by Gasteiger charge is -2.38. The number of hydrogen-bond donors (Lipinski definition) is 2. The molecule has 1 atom stereocenters. The number of nitrogens with one attached hydrogen (secondary N) is 2. The largest absolute Gasteiger partial charge is 0.342 e. The number of hydrogen-bond acceptors (Lipinski definition) is 3. The van der Waals surface area contributed by atoms with E-state index in [9.17, 15) is 4.79 Å². The van der Waals surface area contributed by atoms with Crippen LogP contribution in [0.4, 0.5) is 5.82 Å². The van der Waals surface area contributed by atoms with Crippen molar-refractivity contribution in [2.75, 3.05) is 5.32 Å². The average Bonchev–Trinajstić information content (AvgIpc) is 3.10. The van der Waals surface area contributed by atoms with Gasteiger partial charge in [0.25, 0.3) is 0 Å². The smallest absolute Gasteiger partial charge is 0.162 e. The van der Waals surface area contributed by atoms with Crippen molar-refractivity contribution in [2.45, 2.75) is 32.6 Å². The Hall–Kier alpha value is -3.14. The number of aromatic amines is 1. The predicted molar refractivity (Wildman–Crippen MR) is 111 cm³/mol. The van der Waals surface area contributed by atoms with Gasteiger partial charge >= 0.3 is 0 Å².